The molecule has 5 heteroatoms. The van der Waals surface area contributed by atoms with Crippen molar-refractivity contribution in [2.75, 3.05) is 0 Å². The van der Waals surface area contributed by atoms with Gasteiger partial charge in [0.2, 0.25) is 5.91 Å². The number of hydrogen-bond acceptors (Lipinski definition) is 2. The topological polar surface area (TPSA) is 66.4 Å². The van der Waals surface area contributed by atoms with Gasteiger partial charge < -0.3 is 10.4 Å². The summed E-state index contributed by atoms with van der Waals surface area (Å²) in [5.41, 5.74) is 0.585. The maximum Gasteiger partial charge on any atom is 0.305 e. The fraction of sp³-hybridized carbons (Fsp3) is 0.467. The van der Waals surface area contributed by atoms with Gasteiger partial charge in [-0.3, -0.25) is 9.59 Å². The standard InChI is InChI=1S/C15H18FNO3/c1-15(2)8-11(15)14(20)17-12(7-13(18)19)9-3-5-10(16)6-4-9/h3-6,11-12H,7-8H2,1-2H3,(H,17,20)(H,18,19). The van der Waals surface area contributed by atoms with E-state index in [4.69, 9.17) is 5.11 Å². The second-order valence-corrected chi connectivity index (χ2v) is 5.96. The summed E-state index contributed by atoms with van der Waals surface area (Å²) in [5.74, 6) is -1.60. The van der Waals surface area contributed by atoms with Crippen LogP contribution in [0.4, 0.5) is 4.39 Å². The number of carboxylic acid groups (broad SMARTS) is 1. The average molecular weight is 279 g/mol. The second kappa shape index (κ2) is 5.23. The van der Waals surface area contributed by atoms with Crippen LogP contribution in [0.25, 0.3) is 0 Å². The molecule has 0 radical (unpaired) electrons. The molecule has 1 saturated carbocycles. The van der Waals surface area contributed by atoms with Gasteiger partial charge in [0.1, 0.15) is 5.82 Å². The Morgan fingerprint density at radius 2 is 1.95 bits per heavy atom. The maximum absolute atomic E-state index is 12.9. The third kappa shape index (κ3) is 3.35. The van der Waals surface area contributed by atoms with Gasteiger partial charge in [0.25, 0.3) is 0 Å². The summed E-state index contributed by atoms with van der Waals surface area (Å²) in [6.07, 6.45) is 0.590. The van der Waals surface area contributed by atoms with Crippen LogP contribution in [0.3, 0.4) is 0 Å². The van der Waals surface area contributed by atoms with E-state index in [1.54, 1.807) is 0 Å². The molecule has 1 fully saturated rings. The molecular weight excluding hydrogens is 261 g/mol. The molecule has 108 valence electrons. The first-order valence-electron chi connectivity index (χ1n) is 6.57. The number of hydrogen-bond donors (Lipinski definition) is 2. The zero-order valence-corrected chi connectivity index (χ0v) is 11.5. The van der Waals surface area contributed by atoms with Crippen LogP contribution in [0, 0.1) is 17.2 Å². The number of aliphatic carboxylic acids is 1. The van der Waals surface area contributed by atoms with Crippen LogP contribution in [0.5, 0.6) is 0 Å². The Kier molecular flexibility index (Phi) is 3.79. The highest BCUT2D eigenvalue weighted by Crippen LogP contribution is 2.51. The van der Waals surface area contributed by atoms with Gasteiger partial charge in [-0.1, -0.05) is 26.0 Å². The van der Waals surface area contributed by atoms with Crippen molar-refractivity contribution >= 4 is 11.9 Å². The molecule has 2 atom stereocenters. The maximum atomic E-state index is 12.9. The van der Waals surface area contributed by atoms with E-state index in [0.717, 1.165) is 6.42 Å². The minimum atomic E-state index is -1.00. The number of nitrogens with one attached hydrogen (secondary N) is 1. The third-order valence-corrected chi connectivity index (χ3v) is 3.80. The molecule has 1 amide bonds. The van der Waals surface area contributed by atoms with Crippen molar-refractivity contribution in [2.24, 2.45) is 11.3 Å². The van der Waals surface area contributed by atoms with Gasteiger partial charge in [-0.25, -0.2) is 4.39 Å². The van der Waals surface area contributed by atoms with Crippen molar-refractivity contribution in [2.45, 2.75) is 32.7 Å². The van der Waals surface area contributed by atoms with Crippen LogP contribution >= 0.6 is 0 Å². The van der Waals surface area contributed by atoms with E-state index >= 15 is 0 Å². The Balaban J connectivity index is 2.10. The third-order valence-electron chi connectivity index (χ3n) is 3.80. The zero-order valence-electron chi connectivity index (χ0n) is 11.5. The molecule has 2 rings (SSSR count). The average Bonchev–Trinajstić information content (AvgIpc) is 2.98. The van der Waals surface area contributed by atoms with Gasteiger partial charge in [0, 0.05) is 5.92 Å². The number of rotatable bonds is 5. The first-order valence-corrected chi connectivity index (χ1v) is 6.57. The van der Waals surface area contributed by atoms with Crippen molar-refractivity contribution in [1.82, 2.24) is 5.32 Å². The molecular formula is C15H18FNO3. The van der Waals surface area contributed by atoms with Crippen LogP contribution in [0.15, 0.2) is 24.3 Å². The number of benzene rings is 1. The smallest absolute Gasteiger partial charge is 0.305 e. The van der Waals surface area contributed by atoms with E-state index in [0.29, 0.717) is 5.56 Å². The predicted octanol–water partition coefficient (Wildman–Crippen LogP) is 2.50. The molecule has 4 nitrogen and oxygen atoms in total. The summed E-state index contributed by atoms with van der Waals surface area (Å²) >= 11 is 0. The summed E-state index contributed by atoms with van der Waals surface area (Å²) in [4.78, 5) is 23.0. The minimum Gasteiger partial charge on any atom is -0.481 e. The Hall–Kier alpha value is -1.91. The highest BCUT2D eigenvalue weighted by molar-refractivity contribution is 5.83. The highest BCUT2D eigenvalue weighted by Gasteiger charge is 2.50. The Labute approximate surface area is 117 Å². The molecule has 1 aromatic rings. The molecule has 0 saturated heterocycles. The molecule has 0 spiro atoms. The molecule has 1 aromatic carbocycles. The molecule has 0 heterocycles. The number of carboxylic acids is 1. The number of amides is 1. The monoisotopic (exact) mass is 279 g/mol. The van der Waals surface area contributed by atoms with E-state index in [1.165, 1.54) is 24.3 Å². The summed E-state index contributed by atoms with van der Waals surface area (Å²) in [7, 11) is 0. The van der Waals surface area contributed by atoms with Gasteiger partial charge in [-0.05, 0) is 29.5 Å². The van der Waals surface area contributed by atoms with Crippen LogP contribution in [0.2, 0.25) is 0 Å². The SMILES string of the molecule is CC1(C)CC1C(=O)NC(CC(=O)O)c1ccc(F)cc1. The lowest BCUT2D eigenvalue weighted by molar-refractivity contribution is -0.137. The van der Waals surface area contributed by atoms with Gasteiger partial charge in [-0.15, -0.1) is 0 Å². The van der Waals surface area contributed by atoms with Gasteiger partial charge in [0.15, 0.2) is 0 Å². The van der Waals surface area contributed by atoms with Crippen molar-refractivity contribution in [3.63, 3.8) is 0 Å². The van der Waals surface area contributed by atoms with Gasteiger partial charge in [0.05, 0.1) is 12.5 Å². The van der Waals surface area contributed by atoms with E-state index in [9.17, 15) is 14.0 Å². The predicted molar refractivity (Wildman–Crippen MR) is 71.4 cm³/mol. The van der Waals surface area contributed by atoms with Crippen molar-refractivity contribution in [3.05, 3.63) is 35.6 Å². The molecule has 0 aromatic heterocycles. The van der Waals surface area contributed by atoms with E-state index in [1.807, 2.05) is 13.8 Å². The lowest BCUT2D eigenvalue weighted by Crippen LogP contribution is -2.32. The summed E-state index contributed by atoms with van der Waals surface area (Å²) < 4.78 is 12.9. The summed E-state index contributed by atoms with van der Waals surface area (Å²) in [5, 5.41) is 11.7. The number of carbonyl (C=O) groups excluding carboxylic acids is 1. The summed E-state index contributed by atoms with van der Waals surface area (Å²) in [6.45, 7) is 4.00. The first kappa shape index (κ1) is 14.5. The second-order valence-electron chi connectivity index (χ2n) is 5.96. The van der Waals surface area contributed by atoms with Gasteiger partial charge >= 0.3 is 5.97 Å². The first-order chi connectivity index (χ1) is 9.29. The largest absolute Gasteiger partial charge is 0.481 e. The lowest BCUT2D eigenvalue weighted by atomic mass is 10.0. The Morgan fingerprint density at radius 3 is 2.40 bits per heavy atom. The van der Waals surface area contributed by atoms with E-state index in [-0.39, 0.29) is 23.7 Å². The van der Waals surface area contributed by atoms with Crippen LogP contribution < -0.4 is 5.32 Å². The molecule has 20 heavy (non-hydrogen) atoms. The molecule has 0 aliphatic heterocycles. The van der Waals surface area contributed by atoms with Crippen LogP contribution in [0.1, 0.15) is 38.3 Å². The molecule has 2 N–H and O–H groups in total. The normalized spacial score (nSPS) is 21.1. The van der Waals surface area contributed by atoms with Crippen LogP contribution in [-0.2, 0) is 9.59 Å². The fourth-order valence-corrected chi connectivity index (χ4v) is 2.31. The number of carbonyl (C=O) groups is 2. The van der Waals surface area contributed by atoms with Crippen molar-refractivity contribution < 1.29 is 19.1 Å². The van der Waals surface area contributed by atoms with E-state index < -0.39 is 17.8 Å². The molecule has 2 unspecified atom stereocenters. The fourth-order valence-electron chi connectivity index (χ4n) is 2.31. The lowest BCUT2D eigenvalue weighted by Gasteiger charge is -2.18. The minimum absolute atomic E-state index is 0.0132. The Morgan fingerprint density at radius 1 is 1.40 bits per heavy atom. The number of halogens is 1. The zero-order chi connectivity index (χ0) is 14.9. The Bertz CT molecular complexity index is 524. The van der Waals surface area contributed by atoms with Crippen molar-refractivity contribution in [3.8, 4) is 0 Å². The highest BCUT2D eigenvalue weighted by atomic mass is 19.1. The summed E-state index contributed by atoms with van der Waals surface area (Å²) in [6, 6.07) is 4.90. The molecule has 1 aliphatic rings. The molecule has 0 bridgehead atoms. The van der Waals surface area contributed by atoms with E-state index in [2.05, 4.69) is 5.32 Å². The van der Waals surface area contributed by atoms with Gasteiger partial charge in [-0.2, -0.15) is 0 Å². The molecule has 1 aliphatic carbocycles. The van der Waals surface area contributed by atoms with Crippen molar-refractivity contribution in [1.29, 1.82) is 0 Å². The quantitative estimate of drug-likeness (QED) is 0.870. The van der Waals surface area contributed by atoms with Crippen LogP contribution in [-0.4, -0.2) is 17.0 Å².